The molecule has 0 saturated heterocycles. The highest BCUT2D eigenvalue weighted by atomic mass is 16.5. The van der Waals surface area contributed by atoms with Gasteiger partial charge in [-0.1, -0.05) is 13.8 Å². The smallest absolute Gasteiger partial charge is 0.105 e. The fourth-order valence-corrected chi connectivity index (χ4v) is 2.11. The van der Waals surface area contributed by atoms with Gasteiger partial charge >= 0.3 is 0 Å². The second-order valence-electron chi connectivity index (χ2n) is 4.62. The summed E-state index contributed by atoms with van der Waals surface area (Å²) >= 11 is 0. The maximum atomic E-state index is 5.41. The minimum absolute atomic E-state index is 0.365. The van der Waals surface area contributed by atoms with Crippen LogP contribution in [0, 0.1) is 12.8 Å². The molecule has 0 aliphatic rings. The van der Waals surface area contributed by atoms with Crippen molar-refractivity contribution in [2.75, 3.05) is 20.3 Å². The van der Waals surface area contributed by atoms with Crippen LogP contribution in [0.15, 0.2) is 16.7 Å². The minimum Gasteiger partial charge on any atom is -0.469 e. The molecule has 0 aliphatic carbocycles. The minimum atomic E-state index is 0.365. The van der Waals surface area contributed by atoms with Gasteiger partial charge in [-0.3, -0.25) is 0 Å². The first-order valence-electron chi connectivity index (χ1n) is 6.47. The molecule has 3 nitrogen and oxygen atoms in total. The molecule has 1 heterocycles. The first-order valence-corrected chi connectivity index (χ1v) is 6.47. The summed E-state index contributed by atoms with van der Waals surface area (Å²) in [4.78, 5) is 0. The summed E-state index contributed by atoms with van der Waals surface area (Å²) in [5, 5.41) is 3.61. The number of rotatable bonds is 8. The molecule has 17 heavy (non-hydrogen) atoms. The number of nitrogens with one attached hydrogen (secondary N) is 1. The van der Waals surface area contributed by atoms with Gasteiger partial charge in [-0.05, 0) is 38.3 Å². The largest absolute Gasteiger partial charge is 0.469 e. The standard InChI is InChI=1S/C14H25NO2/c1-5-8-15-14(11(2)6-9-16-4)13-7-10-17-12(13)3/h7,10-11,14-15H,5-6,8-9H2,1-4H3. The van der Waals surface area contributed by atoms with Gasteiger partial charge in [-0.25, -0.2) is 0 Å². The third-order valence-electron chi connectivity index (χ3n) is 3.19. The van der Waals surface area contributed by atoms with Crippen LogP contribution in [-0.2, 0) is 4.74 Å². The summed E-state index contributed by atoms with van der Waals surface area (Å²) in [5.41, 5.74) is 1.28. The molecule has 1 aromatic rings. The number of methoxy groups -OCH3 is 1. The molecule has 0 fully saturated rings. The average molecular weight is 239 g/mol. The molecule has 0 saturated carbocycles. The molecule has 2 atom stereocenters. The van der Waals surface area contributed by atoms with E-state index < -0.39 is 0 Å². The predicted octanol–water partition coefficient (Wildman–Crippen LogP) is 3.30. The first kappa shape index (κ1) is 14.3. The predicted molar refractivity (Wildman–Crippen MR) is 70.1 cm³/mol. The summed E-state index contributed by atoms with van der Waals surface area (Å²) in [7, 11) is 1.75. The van der Waals surface area contributed by atoms with E-state index in [9.17, 15) is 0 Å². The van der Waals surface area contributed by atoms with Crippen LogP contribution >= 0.6 is 0 Å². The summed E-state index contributed by atoms with van der Waals surface area (Å²) in [5.74, 6) is 1.56. The van der Waals surface area contributed by atoms with E-state index in [1.807, 2.05) is 6.92 Å². The van der Waals surface area contributed by atoms with Gasteiger partial charge in [0.15, 0.2) is 0 Å². The first-order chi connectivity index (χ1) is 8.20. The van der Waals surface area contributed by atoms with E-state index in [0.717, 1.165) is 31.8 Å². The fraction of sp³-hybridized carbons (Fsp3) is 0.714. The Morgan fingerprint density at radius 3 is 2.76 bits per heavy atom. The Hall–Kier alpha value is -0.800. The van der Waals surface area contributed by atoms with E-state index in [0.29, 0.717) is 12.0 Å². The SMILES string of the molecule is CCCNC(c1ccoc1C)C(C)CCOC. The van der Waals surface area contributed by atoms with Crippen LogP contribution in [0.4, 0.5) is 0 Å². The molecule has 1 N–H and O–H groups in total. The summed E-state index contributed by atoms with van der Waals surface area (Å²) in [6.07, 6.45) is 3.97. The summed E-state index contributed by atoms with van der Waals surface area (Å²) in [6.45, 7) is 8.32. The fourth-order valence-electron chi connectivity index (χ4n) is 2.11. The van der Waals surface area contributed by atoms with Gasteiger partial charge in [-0.15, -0.1) is 0 Å². The number of aryl methyl sites for hydroxylation is 1. The van der Waals surface area contributed by atoms with E-state index >= 15 is 0 Å². The molecule has 0 aromatic carbocycles. The number of ether oxygens (including phenoxy) is 1. The lowest BCUT2D eigenvalue weighted by molar-refractivity contribution is 0.170. The molecule has 1 aromatic heterocycles. The van der Waals surface area contributed by atoms with Crippen molar-refractivity contribution in [1.29, 1.82) is 0 Å². The Labute approximate surface area is 105 Å². The van der Waals surface area contributed by atoms with Crippen molar-refractivity contribution in [2.24, 2.45) is 5.92 Å². The highest BCUT2D eigenvalue weighted by Gasteiger charge is 2.21. The molecular weight excluding hydrogens is 214 g/mol. The molecule has 0 spiro atoms. The second kappa shape index (κ2) is 7.51. The Balaban J connectivity index is 2.69. The van der Waals surface area contributed by atoms with Crippen molar-refractivity contribution in [3.8, 4) is 0 Å². The topological polar surface area (TPSA) is 34.4 Å². The monoisotopic (exact) mass is 239 g/mol. The van der Waals surface area contributed by atoms with Crippen LogP contribution < -0.4 is 5.32 Å². The Bertz CT molecular complexity index is 309. The van der Waals surface area contributed by atoms with E-state index in [4.69, 9.17) is 9.15 Å². The Morgan fingerprint density at radius 1 is 1.47 bits per heavy atom. The molecule has 98 valence electrons. The zero-order valence-electron chi connectivity index (χ0n) is 11.5. The highest BCUT2D eigenvalue weighted by molar-refractivity contribution is 5.21. The molecule has 3 heteroatoms. The average Bonchev–Trinajstić information content (AvgIpc) is 2.73. The van der Waals surface area contributed by atoms with Gasteiger partial charge in [0.2, 0.25) is 0 Å². The van der Waals surface area contributed by atoms with Crippen molar-refractivity contribution < 1.29 is 9.15 Å². The van der Waals surface area contributed by atoms with Crippen molar-refractivity contribution in [2.45, 2.75) is 39.7 Å². The molecule has 0 amide bonds. The van der Waals surface area contributed by atoms with E-state index in [-0.39, 0.29) is 0 Å². The van der Waals surface area contributed by atoms with Crippen LogP contribution in [0.3, 0.4) is 0 Å². The number of furan rings is 1. The van der Waals surface area contributed by atoms with E-state index in [1.54, 1.807) is 13.4 Å². The number of hydrogen-bond donors (Lipinski definition) is 1. The van der Waals surface area contributed by atoms with Crippen LogP contribution in [0.5, 0.6) is 0 Å². The normalized spacial score (nSPS) is 14.8. The molecule has 2 unspecified atom stereocenters. The molecular formula is C14H25NO2. The zero-order valence-corrected chi connectivity index (χ0v) is 11.5. The van der Waals surface area contributed by atoms with Crippen molar-refractivity contribution in [3.05, 3.63) is 23.7 Å². The van der Waals surface area contributed by atoms with Gasteiger partial charge in [0.1, 0.15) is 5.76 Å². The van der Waals surface area contributed by atoms with Gasteiger partial charge in [0.05, 0.1) is 6.26 Å². The second-order valence-corrected chi connectivity index (χ2v) is 4.62. The maximum Gasteiger partial charge on any atom is 0.105 e. The van der Waals surface area contributed by atoms with Crippen LogP contribution in [0.2, 0.25) is 0 Å². The van der Waals surface area contributed by atoms with Gasteiger partial charge in [0.25, 0.3) is 0 Å². The Kier molecular flexibility index (Phi) is 6.30. The lowest BCUT2D eigenvalue weighted by Gasteiger charge is -2.25. The van der Waals surface area contributed by atoms with Crippen LogP contribution in [0.1, 0.15) is 44.1 Å². The lowest BCUT2D eigenvalue weighted by atomic mass is 9.92. The van der Waals surface area contributed by atoms with Crippen molar-refractivity contribution in [1.82, 2.24) is 5.32 Å². The molecule has 0 bridgehead atoms. The molecule has 0 aliphatic heterocycles. The maximum absolute atomic E-state index is 5.41. The number of hydrogen-bond acceptors (Lipinski definition) is 3. The molecule has 1 rings (SSSR count). The zero-order chi connectivity index (χ0) is 12.7. The third kappa shape index (κ3) is 4.17. The van der Waals surface area contributed by atoms with Crippen LogP contribution in [-0.4, -0.2) is 20.3 Å². The van der Waals surface area contributed by atoms with Gasteiger partial charge < -0.3 is 14.5 Å². The van der Waals surface area contributed by atoms with E-state index in [1.165, 1.54) is 5.56 Å². The van der Waals surface area contributed by atoms with Gasteiger partial charge in [0, 0.05) is 25.3 Å². The Morgan fingerprint density at radius 2 is 2.24 bits per heavy atom. The summed E-state index contributed by atoms with van der Waals surface area (Å²) in [6, 6.07) is 2.44. The molecule has 0 radical (unpaired) electrons. The third-order valence-corrected chi connectivity index (χ3v) is 3.19. The van der Waals surface area contributed by atoms with Gasteiger partial charge in [-0.2, -0.15) is 0 Å². The quantitative estimate of drug-likeness (QED) is 0.756. The van der Waals surface area contributed by atoms with Crippen molar-refractivity contribution in [3.63, 3.8) is 0 Å². The lowest BCUT2D eigenvalue weighted by Crippen LogP contribution is -2.28. The van der Waals surface area contributed by atoms with Crippen LogP contribution in [0.25, 0.3) is 0 Å². The highest BCUT2D eigenvalue weighted by Crippen LogP contribution is 2.27. The van der Waals surface area contributed by atoms with E-state index in [2.05, 4.69) is 25.2 Å². The summed E-state index contributed by atoms with van der Waals surface area (Å²) < 4.78 is 10.6. The van der Waals surface area contributed by atoms with Crippen molar-refractivity contribution >= 4 is 0 Å².